The minimum atomic E-state index is -0.418. The molecule has 0 aliphatic carbocycles. The fraction of sp³-hybridized carbons (Fsp3) is 0.917. The van der Waals surface area contributed by atoms with E-state index in [9.17, 15) is 4.79 Å². The van der Waals surface area contributed by atoms with Crippen LogP contribution in [0.25, 0.3) is 0 Å². The summed E-state index contributed by atoms with van der Waals surface area (Å²) < 4.78 is 0. The molecule has 1 rings (SSSR count). The van der Waals surface area contributed by atoms with Crippen molar-refractivity contribution in [1.82, 2.24) is 10.2 Å². The van der Waals surface area contributed by atoms with Crippen molar-refractivity contribution in [3.63, 3.8) is 0 Å². The smallest absolute Gasteiger partial charge is 0.242 e. The Bertz CT molecular complexity index is 218. The van der Waals surface area contributed by atoms with Gasteiger partial charge in [-0.1, -0.05) is 13.3 Å². The van der Waals surface area contributed by atoms with E-state index in [1.807, 2.05) is 25.8 Å². The van der Waals surface area contributed by atoms with E-state index in [-0.39, 0.29) is 5.91 Å². The molecule has 0 bridgehead atoms. The first-order chi connectivity index (χ1) is 7.01. The Balaban J connectivity index is 2.50. The highest BCUT2D eigenvalue weighted by Crippen LogP contribution is 2.21. The largest absolute Gasteiger partial charge is 0.341 e. The number of likely N-dealkylation sites (tertiary alicyclic amines) is 1. The lowest BCUT2D eigenvalue weighted by molar-refractivity contribution is -0.138. The number of amides is 1. The molecule has 0 unspecified atom stereocenters. The fourth-order valence-electron chi connectivity index (χ4n) is 2.05. The van der Waals surface area contributed by atoms with Crippen LogP contribution < -0.4 is 5.32 Å². The number of carbonyl (C=O) groups excluding carboxylic acids is 1. The number of carbonyl (C=O) groups is 1. The Labute approximate surface area is 93.2 Å². The van der Waals surface area contributed by atoms with Gasteiger partial charge in [0.25, 0.3) is 0 Å². The lowest BCUT2D eigenvalue weighted by Crippen LogP contribution is -2.54. The van der Waals surface area contributed by atoms with Crippen LogP contribution in [0.4, 0.5) is 0 Å². The number of piperidine rings is 1. The van der Waals surface area contributed by atoms with Crippen molar-refractivity contribution in [1.29, 1.82) is 0 Å². The molecule has 1 fully saturated rings. The first-order valence-corrected chi connectivity index (χ1v) is 5.99. The van der Waals surface area contributed by atoms with Crippen molar-refractivity contribution in [3.05, 3.63) is 0 Å². The summed E-state index contributed by atoms with van der Waals surface area (Å²) in [4.78, 5) is 14.1. The summed E-state index contributed by atoms with van der Waals surface area (Å²) in [5.74, 6) is 1.06. The van der Waals surface area contributed by atoms with Crippen LogP contribution in [0.15, 0.2) is 0 Å². The van der Waals surface area contributed by atoms with E-state index in [1.54, 1.807) is 0 Å². The Morgan fingerprint density at radius 3 is 2.33 bits per heavy atom. The van der Waals surface area contributed by atoms with Gasteiger partial charge in [0.15, 0.2) is 0 Å². The third kappa shape index (κ3) is 2.94. The minimum absolute atomic E-state index is 0.236. The summed E-state index contributed by atoms with van der Waals surface area (Å²) in [5.41, 5.74) is -0.418. The van der Waals surface area contributed by atoms with E-state index in [1.165, 1.54) is 19.3 Å². The summed E-state index contributed by atoms with van der Waals surface area (Å²) in [6, 6.07) is 0. The molecule has 15 heavy (non-hydrogen) atoms. The van der Waals surface area contributed by atoms with Gasteiger partial charge < -0.3 is 10.2 Å². The van der Waals surface area contributed by atoms with Gasteiger partial charge in [0.1, 0.15) is 0 Å². The van der Waals surface area contributed by atoms with Crippen LogP contribution in [-0.2, 0) is 4.79 Å². The van der Waals surface area contributed by atoms with Crippen LogP contribution in [0, 0.1) is 5.92 Å². The first-order valence-electron chi connectivity index (χ1n) is 5.99. The van der Waals surface area contributed by atoms with Crippen molar-refractivity contribution < 1.29 is 4.79 Å². The number of nitrogens with one attached hydrogen (secondary N) is 1. The summed E-state index contributed by atoms with van der Waals surface area (Å²) in [6.45, 7) is 7.99. The zero-order valence-corrected chi connectivity index (χ0v) is 10.5. The van der Waals surface area contributed by atoms with Crippen LogP contribution in [0.2, 0.25) is 0 Å². The van der Waals surface area contributed by atoms with Crippen molar-refractivity contribution in [2.75, 3.05) is 20.1 Å². The Morgan fingerprint density at radius 1 is 1.40 bits per heavy atom. The van der Waals surface area contributed by atoms with Crippen molar-refractivity contribution in [3.8, 4) is 0 Å². The van der Waals surface area contributed by atoms with Gasteiger partial charge in [-0.15, -0.1) is 0 Å². The van der Waals surface area contributed by atoms with Gasteiger partial charge in [0.2, 0.25) is 5.91 Å². The van der Waals surface area contributed by atoms with E-state index in [4.69, 9.17) is 0 Å². The zero-order valence-electron chi connectivity index (χ0n) is 10.5. The van der Waals surface area contributed by atoms with Crippen LogP contribution in [-0.4, -0.2) is 36.5 Å². The lowest BCUT2D eigenvalue weighted by Gasteiger charge is -2.36. The second-order valence-electron chi connectivity index (χ2n) is 5.02. The predicted octanol–water partition coefficient (Wildman–Crippen LogP) is 1.63. The molecule has 1 amide bonds. The zero-order chi connectivity index (χ0) is 11.5. The number of rotatable bonds is 3. The second kappa shape index (κ2) is 4.97. The molecule has 0 aromatic heterocycles. The van der Waals surface area contributed by atoms with E-state index in [0.29, 0.717) is 0 Å². The Hall–Kier alpha value is -0.570. The van der Waals surface area contributed by atoms with Gasteiger partial charge in [0.05, 0.1) is 5.54 Å². The van der Waals surface area contributed by atoms with Crippen LogP contribution in [0.3, 0.4) is 0 Å². The molecule has 3 heteroatoms. The summed E-state index contributed by atoms with van der Waals surface area (Å²) in [6.07, 6.45) is 3.58. The predicted molar refractivity (Wildman–Crippen MR) is 62.7 cm³/mol. The van der Waals surface area contributed by atoms with Crippen molar-refractivity contribution in [2.45, 2.75) is 45.6 Å². The van der Waals surface area contributed by atoms with Gasteiger partial charge >= 0.3 is 0 Å². The van der Waals surface area contributed by atoms with Gasteiger partial charge in [-0.25, -0.2) is 0 Å². The molecule has 1 N–H and O–H groups in total. The van der Waals surface area contributed by atoms with Crippen LogP contribution >= 0.6 is 0 Å². The molecule has 1 aliphatic rings. The van der Waals surface area contributed by atoms with Crippen molar-refractivity contribution in [2.24, 2.45) is 5.92 Å². The molecule has 88 valence electrons. The molecule has 1 heterocycles. The Morgan fingerprint density at radius 2 is 1.93 bits per heavy atom. The van der Waals surface area contributed by atoms with Crippen LogP contribution in [0.1, 0.15) is 40.0 Å². The average molecular weight is 212 g/mol. The molecule has 1 aliphatic heterocycles. The quantitative estimate of drug-likeness (QED) is 0.771. The molecule has 0 radical (unpaired) electrons. The molecule has 0 aromatic rings. The van der Waals surface area contributed by atoms with E-state index >= 15 is 0 Å². The van der Waals surface area contributed by atoms with E-state index in [2.05, 4.69) is 12.2 Å². The highest BCUT2D eigenvalue weighted by atomic mass is 16.2. The summed E-state index contributed by atoms with van der Waals surface area (Å²) >= 11 is 0. The molecule has 0 saturated carbocycles. The maximum atomic E-state index is 12.1. The summed E-state index contributed by atoms with van der Waals surface area (Å²) in [5, 5.41) is 3.07. The molecule has 3 nitrogen and oxygen atoms in total. The summed E-state index contributed by atoms with van der Waals surface area (Å²) in [7, 11) is 1.84. The highest BCUT2D eigenvalue weighted by Gasteiger charge is 2.32. The number of hydrogen-bond acceptors (Lipinski definition) is 2. The third-order valence-corrected chi connectivity index (χ3v) is 3.64. The normalized spacial score (nSPS) is 19.3. The number of likely N-dealkylation sites (N-methyl/N-ethyl adjacent to an activating group) is 1. The van der Waals surface area contributed by atoms with E-state index < -0.39 is 5.54 Å². The number of nitrogens with zero attached hydrogens (tertiary/aromatic N) is 1. The molecular formula is C12H24N2O. The lowest BCUT2D eigenvalue weighted by atomic mass is 9.93. The molecule has 0 spiro atoms. The number of hydrogen-bond donors (Lipinski definition) is 1. The molecular weight excluding hydrogens is 188 g/mol. The molecule has 0 aromatic carbocycles. The van der Waals surface area contributed by atoms with Gasteiger partial charge in [0, 0.05) is 13.1 Å². The van der Waals surface area contributed by atoms with Crippen molar-refractivity contribution >= 4 is 5.91 Å². The van der Waals surface area contributed by atoms with Gasteiger partial charge in [-0.05, 0) is 39.7 Å². The molecule has 0 atom stereocenters. The Kier molecular flexibility index (Phi) is 4.14. The highest BCUT2D eigenvalue weighted by molar-refractivity contribution is 5.85. The maximum absolute atomic E-state index is 12.1. The van der Waals surface area contributed by atoms with Gasteiger partial charge in [-0.3, -0.25) is 4.79 Å². The second-order valence-corrected chi connectivity index (χ2v) is 5.02. The van der Waals surface area contributed by atoms with Crippen LogP contribution in [0.5, 0.6) is 0 Å². The molecule has 1 saturated heterocycles. The first kappa shape index (κ1) is 12.5. The maximum Gasteiger partial charge on any atom is 0.242 e. The average Bonchev–Trinajstić information content (AvgIpc) is 2.28. The third-order valence-electron chi connectivity index (χ3n) is 3.64. The van der Waals surface area contributed by atoms with E-state index in [0.717, 1.165) is 19.0 Å². The standard InChI is InChI=1S/C12H24N2O/c1-5-10-6-8-14(9-7-10)11(15)12(2,3)13-4/h10,13H,5-9H2,1-4H3. The topological polar surface area (TPSA) is 32.3 Å². The monoisotopic (exact) mass is 212 g/mol. The fourth-order valence-corrected chi connectivity index (χ4v) is 2.05. The SMILES string of the molecule is CCC1CCN(C(=O)C(C)(C)NC)CC1. The van der Waals surface area contributed by atoms with Gasteiger partial charge in [-0.2, -0.15) is 0 Å². The minimum Gasteiger partial charge on any atom is -0.341 e.